The molecule has 1 aromatic carbocycles. The highest BCUT2D eigenvalue weighted by Gasteiger charge is 2.34. The first-order valence-electron chi connectivity index (χ1n) is 8.54. The summed E-state index contributed by atoms with van der Waals surface area (Å²) in [6, 6.07) is 10.6. The van der Waals surface area contributed by atoms with E-state index in [0.29, 0.717) is 0 Å². The molecule has 1 aromatic heterocycles. The summed E-state index contributed by atoms with van der Waals surface area (Å²) < 4.78 is 1.86. The van der Waals surface area contributed by atoms with Crippen molar-refractivity contribution in [2.45, 2.75) is 32.2 Å². The van der Waals surface area contributed by atoms with Crippen LogP contribution in [0.15, 0.2) is 42.7 Å². The molecule has 23 heavy (non-hydrogen) atoms. The van der Waals surface area contributed by atoms with Crippen molar-refractivity contribution in [3.63, 3.8) is 0 Å². The largest absolute Gasteiger partial charge is 0.396 e. The third-order valence-electron chi connectivity index (χ3n) is 5.03. The number of likely N-dealkylation sites (tertiary alicyclic amines) is 1. The monoisotopic (exact) mass is 313 g/mol. The number of benzene rings is 1. The molecule has 2 heterocycles. The summed E-state index contributed by atoms with van der Waals surface area (Å²) in [7, 11) is 1.96. The lowest BCUT2D eigenvalue weighted by atomic mass is 9.76. The van der Waals surface area contributed by atoms with Gasteiger partial charge in [-0.15, -0.1) is 0 Å². The minimum absolute atomic E-state index is 0.0380. The SMILES string of the molecule is Cn1cc(CN2CCC[C@](CO)(CCc3ccccc3)C2)cn1. The van der Waals surface area contributed by atoms with Crippen LogP contribution in [0.3, 0.4) is 0 Å². The molecule has 0 aliphatic carbocycles. The van der Waals surface area contributed by atoms with E-state index in [4.69, 9.17) is 0 Å². The first-order chi connectivity index (χ1) is 11.2. The molecular formula is C19H27N3O. The first kappa shape index (κ1) is 16.2. The number of piperidine rings is 1. The highest BCUT2D eigenvalue weighted by Crippen LogP contribution is 2.34. The van der Waals surface area contributed by atoms with E-state index in [1.807, 2.05) is 17.9 Å². The quantitative estimate of drug-likeness (QED) is 0.891. The van der Waals surface area contributed by atoms with Gasteiger partial charge in [-0.2, -0.15) is 5.10 Å². The van der Waals surface area contributed by atoms with E-state index in [0.717, 1.165) is 45.3 Å². The van der Waals surface area contributed by atoms with Crippen molar-refractivity contribution in [2.75, 3.05) is 19.7 Å². The predicted octanol–water partition coefficient (Wildman–Crippen LogP) is 2.63. The molecule has 2 aromatic rings. The zero-order chi connectivity index (χ0) is 16.1. The molecular weight excluding hydrogens is 286 g/mol. The van der Waals surface area contributed by atoms with E-state index in [2.05, 4.69) is 46.5 Å². The van der Waals surface area contributed by atoms with Crippen molar-refractivity contribution in [1.82, 2.24) is 14.7 Å². The lowest BCUT2D eigenvalue weighted by Crippen LogP contribution is -2.45. The van der Waals surface area contributed by atoms with Crippen LogP contribution >= 0.6 is 0 Å². The van der Waals surface area contributed by atoms with E-state index in [-0.39, 0.29) is 12.0 Å². The Balaban J connectivity index is 1.61. The second-order valence-electron chi connectivity index (χ2n) is 6.98. The zero-order valence-electron chi connectivity index (χ0n) is 14.0. The van der Waals surface area contributed by atoms with Gasteiger partial charge in [-0.1, -0.05) is 30.3 Å². The molecule has 0 amide bonds. The van der Waals surface area contributed by atoms with Crippen LogP contribution in [-0.4, -0.2) is 39.5 Å². The first-order valence-corrected chi connectivity index (χ1v) is 8.54. The minimum atomic E-state index is 0.0380. The maximum absolute atomic E-state index is 10.1. The van der Waals surface area contributed by atoms with Crippen molar-refractivity contribution in [2.24, 2.45) is 12.5 Å². The average molecular weight is 313 g/mol. The second-order valence-corrected chi connectivity index (χ2v) is 6.98. The van der Waals surface area contributed by atoms with Crippen molar-refractivity contribution in [3.8, 4) is 0 Å². The second kappa shape index (κ2) is 7.28. The molecule has 3 rings (SSSR count). The van der Waals surface area contributed by atoms with Crippen molar-refractivity contribution in [1.29, 1.82) is 0 Å². The van der Waals surface area contributed by atoms with Crippen LogP contribution in [0.5, 0.6) is 0 Å². The highest BCUT2D eigenvalue weighted by atomic mass is 16.3. The molecule has 1 fully saturated rings. The normalized spacial score (nSPS) is 22.3. The number of aliphatic hydroxyl groups is 1. The number of aliphatic hydroxyl groups excluding tert-OH is 1. The Kier molecular flexibility index (Phi) is 5.13. The van der Waals surface area contributed by atoms with E-state index >= 15 is 0 Å². The molecule has 0 spiro atoms. The Bertz CT molecular complexity index is 610. The molecule has 1 saturated heterocycles. The van der Waals surface area contributed by atoms with Gasteiger partial charge in [-0.25, -0.2) is 0 Å². The number of nitrogens with zero attached hydrogens (tertiary/aromatic N) is 3. The Morgan fingerprint density at radius 3 is 2.74 bits per heavy atom. The fourth-order valence-electron chi connectivity index (χ4n) is 3.72. The minimum Gasteiger partial charge on any atom is -0.396 e. The van der Waals surface area contributed by atoms with Crippen LogP contribution in [0, 0.1) is 5.41 Å². The smallest absolute Gasteiger partial charge is 0.0534 e. The molecule has 1 aliphatic rings. The number of hydrogen-bond donors (Lipinski definition) is 1. The topological polar surface area (TPSA) is 41.3 Å². The van der Waals surface area contributed by atoms with Gasteiger partial charge in [0.05, 0.1) is 6.20 Å². The lowest BCUT2D eigenvalue weighted by Gasteiger charge is -2.42. The summed E-state index contributed by atoms with van der Waals surface area (Å²) in [4.78, 5) is 2.47. The van der Waals surface area contributed by atoms with Gasteiger partial charge in [0, 0.05) is 43.9 Å². The van der Waals surface area contributed by atoms with Gasteiger partial charge in [0.2, 0.25) is 0 Å². The summed E-state index contributed by atoms with van der Waals surface area (Å²) in [6.45, 7) is 3.30. The van der Waals surface area contributed by atoms with Gasteiger partial charge in [-0.3, -0.25) is 9.58 Å². The summed E-state index contributed by atoms with van der Waals surface area (Å²) in [5.74, 6) is 0. The molecule has 0 unspecified atom stereocenters. The lowest BCUT2D eigenvalue weighted by molar-refractivity contribution is 0.0224. The summed E-state index contributed by atoms with van der Waals surface area (Å²) in [6.07, 6.45) is 8.41. The fraction of sp³-hybridized carbons (Fsp3) is 0.526. The Morgan fingerprint density at radius 2 is 2.04 bits per heavy atom. The van der Waals surface area contributed by atoms with Crippen LogP contribution in [0.4, 0.5) is 0 Å². The van der Waals surface area contributed by atoms with E-state index in [9.17, 15) is 5.11 Å². The zero-order valence-corrected chi connectivity index (χ0v) is 14.0. The van der Waals surface area contributed by atoms with Crippen LogP contribution in [0.25, 0.3) is 0 Å². The molecule has 0 saturated carbocycles. The van der Waals surface area contributed by atoms with Gasteiger partial charge in [0.15, 0.2) is 0 Å². The maximum Gasteiger partial charge on any atom is 0.0534 e. The van der Waals surface area contributed by atoms with Crippen LogP contribution in [0.2, 0.25) is 0 Å². The molecule has 1 N–H and O–H groups in total. The molecule has 0 bridgehead atoms. The van der Waals surface area contributed by atoms with Gasteiger partial charge in [-0.05, 0) is 37.8 Å². The number of aromatic nitrogens is 2. The summed E-state index contributed by atoms with van der Waals surface area (Å²) >= 11 is 0. The molecule has 4 nitrogen and oxygen atoms in total. The average Bonchev–Trinajstić information content (AvgIpc) is 2.99. The van der Waals surface area contributed by atoms with Gasteiger partial charge in [0.25, 0.3) is 0 Å². The third kappa shape index (κ3) is 4.21. The standard InChI is InChI=1S/C19H27N3O/c1-21-13-18(12-20-21)14-22-11-5-9-19(15-22,16-23)10-8-17-6-3-2-4-7-17/h2-4,6-7,12-13,23H,5,8-11,14-16H2,1H3/t19-/m0/s1. The number of rotatable bonds is 6. The van der Waals surface area contributed by atoms with Gasteiger partial charge in [0.1, 0.15) is 0 Å². The Morgan fingerprint density at radius 1 is 1.22 bits per heavy atom. The third-order valence-corrected chi connectivity index (χ3v) is 5.03. The van der Waals surface area contributed by atoms with Crippen LogP contribution in [0.1, 0.15) is 30.4 Å². The summed E-state index contributed by atoms with van der Waals surface area (Å²) in [5.41, 5.74) is 2.66. The van der Waals surface area contributed by atoms with Crippen LogP contribution < -0.4 is 0 Å². The number of hydrogen-bond acceptors (Lipinski definition) is 3. The molecule has 0 radical (unpaired) electrons. The maximum atomic E-state index is 10.1. The fourth-order valence-corrected chi connectivity index (χ4v) is 3.72. The van der Waals surface area contributed by atoms with E-state index in [1.165, 1.54) is 11.1 Å². The molecule has 1 aliphatic heterocycles. The molecule has 124 valence electrons. The van der Waals surface area contributed by atoms with Gasteiger partial charge < -0.3 is 5.11 Å². The van der Waals surface area contributed by atoms with Crippen LogP contribution in [-0.2, 0) is 20.0 Å². The van der Waals surface area contributed by atoms with Crippen molar-refractivity contribution >= 4 is 0 Å². The number of aryl methyl sites for hydroxylation is 2. The Hall–Kier alpha value is -1.65. The molecule has 4 heteroatoms. The molecule has 1 atom stereocenters. The van der Waals surface area contributed by atoms with Crippen molar-refractivity contribution in [3.05, 3.63) is 53.9 Å². The predicted molar refractivity (Wildman–Crippen MR) is 92.0 cm³/mol. The van der Waals surface area contributed by atoms with E-state index < -0.39 is 0 Å². The Labute approximate surface area is 138 Å². The summed E-state index contributed by atoms with van der Waals surface area (Å²) in [5, 5.41) is 14.3. The van der Waals surface area contributed by atoms with Gasteiger partial charge >= 0.3 is 0 Å². The highest BCUT2D eigenvalue weighted by molar-refractivity contribution is 5.15. The van der Waals surface area contributed by atoms with E-state index in [1.54, 1.807) is 0 Å². The van der Waals surface area contributed by atoms with Crippen molar-refractivity contribution < 1.29 is 5.11 Å².